The van der Waals surface area contributed by atoms with E-state index in [-0.39, 0.29) is 5.41 Å². The molecule has 6 rings (SSSR count). The van der Waals surface area contributed by atoms with Gasteiger partial charge in [-0.15, -0.1) is 0 Å². The second-order valence-electron chi connectivity index (χ2n) is 11.5. The number of rotatable bonds is 2. The van der Waals surface area contributed by atoms with Crippen molar-refractivity contribution in [1.82, 2.24) is 4.40 Å². The molecule has 3 aromatic heterocycles. The Morgan fingerprint density at radius 2 is 1.64 bits per heavy atom. The summed E-state index contributed by atoms with van der Waals surface area (Å²) in [4.78, 5) is 0. The van der Waals surface area contributed by atoms with Crippen molar-refractivity contribution in [3.63, 3.8) is 0 Å². The summed E-state index contributed by atoms with van der Waals surface area (Å²) in [7, 11) is 2.19. The van der Waals surface area contributed by atoms with E-state index in [9.17, 15) is 0 Å². The van der Waals surface area contributed by atoms with Crippen molar-refractivity contribution in [3.8, 4) is 0 Å². The van der Waals surface area contributed by atoms with Crippen LogP contribution >= 0.6 is 0 Å². The minimum Gasteiger partial charge on any atom is -0.307 e. The lowest BCUT2D eigenvalue weighted by molar-refractivity contribution is -0.643. The molecule has 0 N–H and O–H groups in total. The highest BCUT2D eigenvalue weighted by atomic mass is 15.0. The maximum absolute atomic E-state index is 2.57. The smallest absolute Gasteiger partial charge is 0.224 e. The molecule has 0 aliphatic rings. The average Bonchev–Trinajstić information content (AvgIpc) is 3.07. The van der Waals surface area contributed by atoms with Gasteiger partial charge in [-0.05, 0) is 58.9 Å². The predicted octanol–water partition coefficient (Wildman–Crippen LogP) is 7.83. The number of nitrogens with zero attached hydrogens (tertiary/aromatic N) is 2. The van der Waals surface area contributed by atoms with Crippen LogP contribution in [0.25, 0.3) is 49.0 Å². The highest BCUT2D eigenvalue weighted by Gasteiger charge is 2.25. The van der Waals surface area contributed by atoms with Gasteiger partial charge in [0, 0.05) is 16.8 Å². The Hall–Kier alpha value is -3.13. The maximum atomic E-state index is 2.57. The summed E-state index contributed by atoms with van der Waals surface area (Å²) in [6, 6.07) is 18.9. The largest absolute Gasteiger partial charge is 0.307 e. The Morgan fingerprint density at radius 3 is 2.36 bits per heavy atom. The highest BCUT2D eigenvalue weighted by Crippen LogP contribution is 2.41. The molecule has 0 radical (unpaired) electrons. The van der Waals surface area contributed by atoms with Gasteiger partial charge in [0.05, 0.1) is 27.3 Å². The third-order valence-corrected chi connectivity index (χ3v) is 7.32. The monoisotopic (exact) mass is 433 g/mol. The van der Waals surface area contributed by atoms with Crippen LogP contribution in [0.2, 0.25) is 0 Å². The summed E-state index contributed by atoms with van der Waals surface area (Å²) in [5, 5.41) is 6.78. The van der Waals surface area contributed by atoms with Gasteiger partial charge in [0.2, 0.25) is 5.52 Å². The quantitative estimate of drug-likeness (QED) is 0.149. The van der Waals surface area contributed by atoms with Crippen LogP contribution in [0.4, 0.5) is 0 Å². The van der Waals surface area contributed by atoms with Gasteiger partial charge < -0.3 is 4.40 Å². The number of aryl methyl sites for hydroxylation is 2. The van der Waals surface area contributed by atoms with Crippen molar-refractivity contribution in [2.45, 2.75) is 53.9 Å². The highest BCUT2D eigenvalue weighted by molar-refractivity contribution is 6.25. The minimum atomic E-state index is 0.241. The first kappa shape index (κ1) is 20.5. The maximum Gasteiger partial charge on any atom is 0.224 e. The number of fused-ring (bicyclic) bond motifs is 5. The second kappa shape index (κ2) is 6.70. The van der Waals surface area contributed by atoms with Crippen LogP contribution in [0.15, 0.2) is 54.7 Å². The fourth-order valence-corrected chi connectivity index (χ4v) is 5.87. The molecule has 0 bridgehead atoms. The van der Waals surface area contributed by atoms with Crippen LogP contribution in [0.1, 0.15) is 57.2 Å². The molecule has 33 heavy (non-hydrogen) atoms. The molecule has 0 aliphatic carbocycles. The molecule has 0 amide bonds. The van der Waals surface area contributed by atoms with E-state index in [0.29, 0.717) is 5.92 Å². The van der Waals surface area contributed by atoms with Crippen molar-refractivity contribution in [1.29, 1.82) is 0 Å². The number of benzene rings is 3. The Labute approximate surface area is 195 Å². The SMILES string of the molecule is Cc1ccc2c3ccc(C(C)C)cc3n3c4cc(CC(C)(C)C)cc5cc[n+](C)c(c1c23)c54. The molecule has 0 spiro atoms. The van der Waals surface area contributed by atoms with Crippen molar-refractivity contribution in [3.05, 3.63) is 71.4 Å². The average molecular weight is 434 g/mol. The summed E-state index contributed by atoms with van der Waals surface area (Å²) >= 11 is 0. The van der Waals surface area contributed by atoms with Crippen molar-refractivity contribution < 1.29 is 4.57 Å². The molecule has 3 aromatic carbocycles. The number of aromatic nitrogens is 2. The van der Waals surface area contributed by atoms with Crippen molar-refractivity contribution in [2.24, 2.45) is 12.5 Å². The summed E-state index contributed by atoms with van der Waals surface area (Å²) in [6.07, 6.45) is 3.29. The summed E-state index contributed by atoms with van der Waals surface area (Å²) < 4.78 is 4.89. The van der Waals surface area contributed by atoms with Gasteiger partial charge in [-0.3, -0.25) is 0 Å². The van der Waals surface area contributed by atoms with E-state index in [1.54, 1.807) is 0 Å². The van der Waals surface area contributed by atoms with Crippen LogP contribution in [0, 0.1) is 12.3 Å². The molecule has 2 heteroatoms. The lowest BCUT2D eigenvalue weighted by atomic mass is 9.87. The minimum absolute atomic E-state index is 0.241. The van der Waals surface area contributed by atoms with Gasteiger partial charge in [0.1, 0.15) is 7.05 Å². The van der Waals surface area contributed by atoms with E-state index in [1.807, 2.05) is 0 Å². The molecule has 0 unspecified atom stereocenters. The zero-order valence-corrected chi connectivity index (χ0v) is 20.9. The Morgan fingerprint density at radius 1 is 0.879 bits per heavy atom. The van der Waals surface area contributed by atoms with Crippen LogP contribution in [0.5, 0.6) is 0 Å². The number of pyridine rings is 2. The number of hydrogen-bond donors (Lipinski definition) is 0. The van der Waals surface area contributed by atoms with E-state index in [4.69, 9.17) is 0 Å². The van der Waals surface area contributed by atoms with E-state index >= 15 is 0 Å². The van der Waals surface area contributed by atoms with Crippen molar-refractivity contribution >= 4 is 49.0 Å². The zero-order valence-electron chi connectivity index (χ0n) is 20.9. The molecule has 0 saturated heterocycles. The van der Waals surface area contributed by atoms with Gasteiger partial charge in [-0.25, -0.2) is 4.57 Å². The fraction of sp³-hybridized carbons (Fsp3) is 0.323. The summed E-state index contributed by atoms with van der Waals surface area (Å²) in [5.74, 6) is 0.502. The molecule has 0 fully saturated rings. The topological polar surface area (TPSA) is 8.29 Å². The molecule has 6 aromatic rings. The first-order valence-corrected chi connectivity index (χ1v) is 12.2. The molecule has 2 nitrogen and oxygen atoms in total. The number of hydrogen-bond acceptors (Lipinski definition) is 0. The molecular formula is C31H33N2+. The Kier molecular flexibility index (Phi) is 4.15. The van der Waals surface area contributed by atoms with Crippen LogP contribution < -0.4 is 4.57 Å². The van der Waals surface area contributed by atoms with Gasteiger partial charge in [0.25, 0.3) is 0 Å². The van der Waals surface area contributed by atoms with Gasteiger partial charge in [-0.2, -0.15) is 0 Å². The molecule has 0 atom stereocenters. The summed E-state index contributed by atoms with van der Waals surface area (Å²) in [6.45, 7) is 13.8. The zero-order chi connectivity index (χ0) is 23.2. The normalized spacial score (nSPS) is 13.1. The standard InChI is InChI=1S/C31H33N2/c1-18(2)21-9-11-23-24-10-8-19(3)27-29(24)33(25(23)16-21)26-15-20(17-31(4,5)6)14-22-12-13-32(7)30(27)28(22)26/h8-16,18H,17H2,1-7H3/q+1. The summed E-state index contributed by atoms with van der Waals surface area (Å²) in [5.41, 5.74) is 9.74. The van der Waals surface area contributed by atoms with Crippen molar-refractivity contribution in [2.75, 3.05) is 0 Å². The molecule has 0 aliphatic heterocycles. The lowest BCUT2D eigenvalue weighted by Gasteiger charge is -2.20. The predicted molar refractivity (Wildman–Crippen MR) is 142 cm³/mol. The van der Waals surface area contributed by atoms with E-state index in [0.717, 1.165) is 6.42 Å². The van der Waals surface area contributed by atoms with Crippen LogP contribution in [-0.2, 0) is 13.5 Å². The molecular weight excluding hydrogens is 400 g/mol. The van der Waals surface area contributed by atoms with Crippen LogP contribution in [-0.4, -0.2) is 4.40 Å². The fourth-order valence-electron chi connectivity index (χ4n) is 5.87. The Bertz CT molecular complexity index is 1710. The molecule has 3 heterocycles. The third-order valence-electron chi connectivity index (χ3n) is 7.32. The third kappa shape index (κ3) is 2.89. The molecule has 0 saturated carbocycles. The van der Waals surface area contributed by atoms with Gasteiger partial charge >= 0.3 is 0 Å². The second-order valence-corrected chi connectivity index (χ2v) is 11.5. The van der Waals surface area contributed by atoms with Gasteiger partial charge in [0.15, 0.2) is 6.20 Å². The van der Waals surface area contributed by atoms with Gasteiger partial charge in [-0.1, -0.05) is 65.0 Å². The Balaban J connectivity index is 1.94. The van der Waals surface area contributed by atoms with Crippen LogP contribution in [0.3, 0.4) is 0 Å². The first-order valence-electron chi connectivity index (χ1n) is 12.2. The molecule has 166 valence electrons. The first-order chi connectivity index (χ1) is 15.6. The van der Waals surface area contributed by atoms with E-state index in [1.165, 1.54) is 65.7 Å². The van der Waals surface area contributed by atoms with E-state index in [2.05, 4.69) is 112 Å². The van der Waals surface area contributed by atoms with E-state index < -0.39 is 0 Å². The lowest BCUT2D eigenvalue weighted by Crippen LogP contribution is -2.29.